The second-order valence-electron chi connectivity index (χ2n) is 7.73. The van der Waals surface area contributed by atoms with Crippen LogP contribution in [0.1, 0.15) is 41.0 Å². The lowest BCUT2D eigenvalue weighted by Crippen LogP contribution is -2.24. The van der Waals surface area contributed by atoms with Gasteiger partial charge in [-0.1, -0.05) is 30.8 Å². The van der Waals surface area contributed by atoms with Crippen molar-refractivity contribution in [2.75, 3.05) is 10.6 Å². The average molecular weight is 508 g/mol. The first kappa shape index (κ1) is 24.6. The van der Waals surface area contributed by atoms with Crippen LogP contribution in [0, 0.1) is 5.82 Å². The van der Waals surface area contributed by atoms with Crippen molar-refractivity contribution in [3.63, 3.8) is 0 Å². The maximum absolute atomic E-state index is 13.9. The molecule has 0 unspecified atom stereocenters. The SMILES string of the molecule is CC[C@@H](Sc1nc2ccc(NC(=O)c3ccccc3F)cc2s1)C(=O)Nc1ccc(C(C)=O)cc1. The van der Waals surface area contributed by atoms with Gasteiger partial charge in [-0.3, -0.25) is 14.4 Å². The summed E-state index contributed by atoms with van der Waals surface area (Å²) in [4.78, 5) is 41.3. The molecule has 0 saturated carbocycles. The molecular weight excluding hydrogens is 485 g/mol. The summed E-state index contributed by atoms with van der Waals surface area (Å²) >= 11 is 2.79. The van der Waals surface area contributed by atoms with E-state index in [1.165, 1.54) is 48.2 Å². The Morgan fingerprint density at radius 3 is 2.40 bits per heavy atom. The predicted molar refractivity (Wildman–Crippen MR) is 139 cm³/mol. The molecule has 178 valence electrons. The van der Waals surface area contributed by atoms with Crippen molar-refractivity contribution in [2.24, 2.45) is 0 Å². The molecule has 0 radical (unpaired) electrons. The van der Waals surface area contributed by atoms with E-state index in [-0.39, 0.29) is 22.5 Å². The number of carbonyl (C=O) groups is 3. The largest absolute Gasteiger partial charge is 0.325 e. The first-order chi connectivity index (χ1) is 16.8. The highest BCUT2D eigenvalue weighted by Crippen LogP contribution is 2.35. The van der Waals surface area contributed by atoms with Crippen molar-refractivity contribution in [2.45, 2.75) is 29.9 Å². The van der Waals surface area contributed by atoms with Gasteiger partial charge in [0.2, 0.25) is 5.91 Å². The van der Waals surface area contributed by atoms with Gasteiger partial charge in [0.1, 0.15) is 5.82 Å². The summed E-state index contributed by atoms with van der Waals surface area (Å²) in [5.74, 6) is -1.29. The molecule has 2 N–H and O–H groups in total. The minimum absolute atomic E-state index is 0.0270. The molecular formula is C26H22FN3O3S2. The van der Waals surface area contributed by atoms with E-state index >= 15 is 0 Å². The molecule has 0 bridgehead atoms. The van der Waals surface area contributed by atoms with Gasteiger partial charge in [-0.15, -0.1) is 11.3 Å². The van der Waals surface area contributed by atoms with Crippen LogP contribution in [-0.2, 0) is 4.79 Å². The van der Waals surface area contributed by atoms with Crippen LogP contribution in [0.2, 0.25) is 0 Å². The molecule has 0 saturated heterocycles. The first-order valence-electron chi connectivity index (χ1n) is 10.9. The van der Waals surface area contributed by atoms with E-state index in [0.717, 1.165) is 14.6 Å². The van der Waals surface area contributed by atoms with Gasteiger partial charge in [0.15, 0.2) is 10.1 Å². The predicted octanol–water partition coefficient (Wildman–Crippen LogP) is 6.40. The number of nitrogens with zero attached hydrogens (tertiary/aromatic N) is 1. The Balaban J connectivity index is 1.44. The van der Waals surface area contributed by atoms with Gasteiger partial charge in [0, 0.05) is 16.9 Å². The number of hydrogen-bond acceptors (Lipinski definition) is 6. The molecule has 0 aliphatic carbocycles. The van der Waals surface area contributed by atoms with Crippen molar-refractivity contribution in [3.05, 3.63) is 83.7 Å². The van der Waals surface area contributed by atoms with Gasteiger partial charge < -0.3 is 10.6 Å². The maximum Gasteiger partial charge on any atom is 0.258 e. The van der Waals surface area contributed by atoms with Gasteiger partial charge >= 0.3 is 0 Å². The number of anilines is 2. The quantitative estimate of drug-likeness (QED) is 0.213. The number of rotatable bonds is 8. The standard InChI is InChI=1S/C26H22FN3O3S2/c1-3-22(25(33)28-17-10-8-16(9-11-17)15(2)31)34-26-30-21-13-12-18(14-23(21)35-26)29-24(32)19-6-4-5-7-20(19)27/h4-14,22H,3H2,1-2H3,(H,28,33)(H,29,32)/t22-/m1/s1. The van der Waals surface area contributed by atoms with E-state index in [1.54, 1.807) is 48.5 Å². The number of aromatic nitrogens is 1. The molecule has 6 nitrogen and oxygen atoms in total. The lowest BCUT2D eigenvalue weighted by Gasteiger charge is -2.13. The molecule has 35 heavy (non-hydrogen) atoms. The van der Waals surface area contributed by atoms with Crippen LogP contribution < -0.4 is 10.6 Å². The number of fused-ring (bicyclic) bond motifs is 1. The topological polar surface area (TPSA) is 88.2 Å². The third kappa shape index (κ3) is 5.93. The molecule has 9 heteroatoms. The normalized spacial score (nSPS) is 11.7. The second-order valence-corrected chi connectivity index (χ2v) is 10.2. The number of thiazole rings is 1. The highest BCUT2D eigenvalue weighted by atomic mass is 32.2. The Hall–Kier alpha value is -3.56. The summed E-state index contributed by atoms with van der Waals surface area (Å²) in [6.45, 7) is 3.43. The number of Topliss-reactive ketones (excluding diaryl/α,β-unsaturated/α-hetero) is 1. The van der Waals surface area contributed by atoms with Crippen LogP contribution in [0.3, 0.4) is 0 Å². The van der Waals surface area contributed by atoms with E-state index in [4.69, 9.17) is 0 Å². The summed E-state index contributed by atoms with van der Waals surface area (Å²) in [5, 5.41) is 5.25. The molecule has 2 amide bonds. The molecule has 1 atom stereocenters. The summed E-state index contributed by atoms with van der Waals surface area (Å²) in [6.07, 6.45) is 0.599. The zero-order valence-electron chi connectivity index (χ0n) is 19.0. The highest BCUT2D eigenvalue weighted by Gasteiger charge is 2.20. The summed E-state index contributed by atoms with van der Waals surface area (Å²) in [6, 6.07) is 17.9. The molecule has 1 aromatic heterocycles. The molecule has 4 rings (SSSR count). The molecule has 3 aromatic carbocycles. The number of hydrogen-bond donors (Lipinski definition) is 2. The van der Waals surface area contributed by atoms with E-state index < -0.39 is 11.7 Å². The zero-order valence-corrected chi connectivity index (χ0v) is 20.6. The van der Waals surface area contributed by atoms with E-state index in [0.29, 0.717) is 23.4 Å². The third-order valence-corrected chi connectivity index (χ3v) is 7.69. The number of ketones is 1. The van der Waals surface area contributed by atoms with Crippen molar-refractivity contribution in [3.8, 4) is 0 Å². The fraction of sp³-hybridized carbons (Fsp3) is 0.154. The number of thioether (sulfide) groups is 1. The number of benzene rings is 3. The Morgan fingerprint density at radius 2 is 1.71 bits per heavy atom. The Bertz CT molecular complexity index is 1400. The minimum Gasteiger partial charge on any atom is -0.325 e. The Kier molecular flexibility index (Phi) is 7.57. The lowest BCUT2D eigenvalue weighted by atomic mass is 10.1. The number of amides is 2. The number of halogens is 1. The Labute approximate surface area is 210 Å². The molecule has 4 aromatic rings. The van der Waals surface area contributed by atoms with E-state index in [1.807, 2.05) is 6.92 Å². The van der Waals surface area contributed by atoms with Gasteiger partial charge in [0.05, 0.1) is 21.0 Å². The van der Waals surface area contributed by atoms with Gasteiger partial charge in [-0.25, -0.2) is 9.37 Å². The van der Waals surface area contributed by atoms with E-state index in [2.05, 4.69) is 15.6 Å². The zero-order chi connectivity index (χ0) is 24.9. The summed E-state index contributed by atoms with van der Waals surface area (Å²) in [7, 11) is 0. The molecule has 0 spiro atoms. The van der Waals surface area contributed by atoms with Gasteiger partial charge in [-0.2, -0.15) is 0 Å². The lowest BCUT2D eigenvalue weighted by molar-refractivity contribution is -0.115. The van der Waals surface area contributed by atoms with Crippen LogP contribution in [0.5, 0.6) is 0 Å². The van der Waals surface area contributed by atoms with Crippen molar-refractivity contribution in [1.29, 1.82) is 0 Å². The molecule has 1 heterocycles. The van der Waals surface area contributed by atoms with Gasteiger partial charge in [-0.05, 0) is 67.9 Å². The summed E-state index contributed by atoms with van der Waals surface area (Å²) in [5.41, 5.74) is 2.46. The van der Waals surface area contributed by atoms with Crippen LogP contribution in [0.25, 0.3) is 10.2 Å². The van der Waals surface area contributed by atoms with Crippen LogP contribution in [0.4, 0.5) is 15.8 Å². The minimum atomic E-state index is -0.582. The highest BCUT2D eigenvalue weighted by molar-refractivity contribution is 8.02. The van der Waals surface area contributed by atoms with Gasteiger partial charge in [0.25, 0.3) is 5.91 Å². The van der Waals surface area contributed by atoms with Crippen molar-refractivity contribution >= 4 is 62.3 Å². The second kappa shape index (κ2) is 10.8. The smallest absolute Gasteiger partial charge is 0.258 e. The van der Waals surface area contributed by atoms with Crippen molar-refractivity contribution < 1.29 is 18.8 Å². The monoisotopic (exact) mass is 507 g/mol. The summed E-state index contributed by atoms with van der Waals surface area (Å²) < 4.78 is 15.5. The Morgan fingerprint density at radius 1 is 1.00 bits per heavy atom. The third-order valence-electron chi connectivity index (χ3n) is 5.21. The molecule has 0 aliphatic heterocycles. The van der Waals surface area contributed by atoms with Crippen LogP contribution in [-0.4, -0.2) is 27.8 Å². The fourth-order valence-electron chi connectivity index (χ4n) is 3.33. The molecule has 0 aliphatic rings. The number of carbonyl (C=O) groups excluding carboxylic acids is 3. The van der Waals surface area contributed by atoms with E-state index in [9.17, 15) is 18.8 Å². The fourth-order valence-corrected chi connectivity index (χ4v) is 5.60. The first-order valence-corrected chi connectivity index (χ1v) is 12.6. The van der Waals surface area contributed by atoms with Crippen LogP contribution in [0.15, 0.2) is 71.1 Å². The van der Waals surface area contributed by atoms with Crippen molar-refractivity contribution in [1.82, 2.24) is 4.98 Å². The van der Waals surface area contributed by atoms with Crippen LogP contribution >= 0.6 is 23.1 Å². The number of nitrogens with one attached hydrogen (secondary N) is 2. The molecule has 0 fully saturated rings. The average Bonchev–Trinajstić information content (AvgIpc) is 3.24. The maximum atomic E-state index is 13.9.